The first-order chi connectivity index (χ1) is 9.34. The molecule has 2 saturated carbocycles. The molecule has 0 bridgehead atoms. The molecule has 2 aliphatic carbocycles. The standard InChI is InChI=1S/C17H28O3/c1-7-6-12-15-13(8(7)2)10(4)9(3)11(5)14(15)16(18)17(19)20-12/h7-16,18H,6H2,1-5H3. The van der Waals surface area contributed by atoms with Crippen LogP contribution in [0.1, 0.15) is 41.0 Å². The van der Waals surface area contributed by atoms with E-state index in [2.05, 4.69) is 34.6 Å². The average molecular weight is 280 g/mol. The number of hydrogen-bond donors (Lipinski definition) is 1. The molecule has 1 N–H and O–H groups in total. The second kappa shape index (κ2) is 4.72. The number of ether oxygens (including phenoxy) is 1. The van der Waals surface area contributed by atoms with Crippen LogP contribution in [-0.4, -0.2) is 23.3 Å². The largest absolute Gasteiger partial charge is 0.460 e. The first-order valence-corrected chi connectivity index (χ1v) is 8.23. The third kappa shape index (κ3) is 1.78. The molecule has 3 fully saturated rings. The first kappa shape index (κ1) is 14.4. The summed E-state index contributed by atoms with van der Waals surface area (Å²) < 4.78 is 5.60. The zero-order valence-electron chi connectivity index (χ0n) is 13.2. The Morgan fingerprint density at radius 1 is 0.900 bits per heavy atom. The Morgan fingerprint density at radius 3 is 2.15 bits per heavy atom. The van der Waals surface area contributed by atoms with Crippen molar-refractivity contribution in [2.45, 2.75) is 53.2 Å². The van der Waals surface area contributed by atoms with Crippen molar-refractivity contribution in [3.8, 4) is 0 Å². The monoisotopic (exact) mass is 280 g/mol. The van der Waals surface area contributed by atoms with Crippen LogP contribution < -0.4 is 0 Å². The summed E-state index contributed by atoms with van der Waals surface area (Å²) in [5.41, 5.74) is 0. The molecule has 0 radical (unpaired) electrons. The topological polar surface area (TPSA) is 46.5 Å². The Kier molecular flexibility index (Phi) is 3.39. The third-order valence-corrected chi connectivity index (χ3v) is 7.17. The van der Waals surface area contributed by atoms with Gasteiger partial charge in [0.05, 0.1) is 0 Å². The van der Waals surface area contributed by atoms with Crippen molar-refractivity contribution >= 4 is 5.97 Å². The number of carbonyl (C=O) groups is 1. The summed E-state index contributed by atoms with van der Waals surface area (Å²) in [6, 6.07) is 0. The molecule has 1 aliphatic heterocycles. The van der Waals surface area contributed by atoms with Gasteiger partial charge in [-0.05, 0) is 41.9 Å². The quantitative estimate of drug-likeness (QED) is 0.694. The summed E-state index contributed by atoms with van der Waals surface area (Å²) >= 11 is 0. The minimum Gasteiger partial charge on any atom is -0.460 e. The van der Waals surface area contributed by atoms with Gasteiger partial charge in [-0.15, -0.1) is 0 Å². The minimum atomic E-state index is -0.913. The third-order valence-electron chi connectivity index (χ3n) is 7.17. The zero-order valence-corrected chi connectivity index (χ0v) is 13.2. The average Bonchev–Trinajstić information content (AvgIpc) is 2.39. The van der Waals surface area contributed by atoms with Crippen molar-refractivity contribution in [3.63, 3.8) is 0 Å². The Bertz CT molecular complexity index is 407. The highest BCUT2D eigenvalue weighted by Crippen LogP contribution is 2.57. The van der Waals surface area contributed by atoms with Crippen molar-refractivity contribution in [3.05, 3.63) is 0 Å². The fraction of sp³-hybridized carbons (Fsp3) is 0.941. The molecule has 3 nitrogen and oxygen atoms in total. The van der Waals surface area contributed by atoms with Gasteiger partial charge in [0.1, 0.15) is 6.10 Å². The van der Waals surface area contributed by atoms with E-state index in [1.807, 2.05) is 0 Å². The lowest BCUT2D eigenvalue weighted by Crippen LogP contribution is -2.62. The summed E-state index contributed by atoms with van der Waals surface area (Å²) in [4.78, 5) is 12.0. The van der Waals surface area contributed by atoms with Crippen molar-refractivity contribution in [2.24, 2.45) is 47.3 Å². The fourth-order valence-corrected chi connectivity index (χ4v) is 5.58. The summed E-state index contributed by atoms with van der Waals surface area (Å²) in [7, 11) is 0. The first-order valence-electron chi connectivity index (χ1n) is 8.23. The van der Waals surface area contributed by atoms with Gasteiger partial charge < -0.3 is 9.84 Å². The Balaban J connectivity index is 2.03. The molecular weight excluding hydrogens is 252 g/mol. The smallest absolute Gasteiger partial charge is 0.335 e. The van der Waals surface area contributed by atoms with Gasteiger partial charge in [-0.1, -0.05) is 34.6 Å². The fourth-order valence-electron chi connectivity index (χ4n) is 5.58. The summed E-state index contributed by atoms with van der Waals surface area (Å²) in [5.74, 6) is 3.44. The molecule has 20 heavy (non-hydrogen) atoms. The van der Waals surface area contributed by atoms with Crippen LogP contribution >= 0.6 is 0 Å². The highest BCUT2D eigenvalue weighted by molar-refractivity contribution is 5.76. The van der Waals surface area contributed by atoms with Crippen molar-refractivity contribution in [1.82, 2.24) is 0 Å². The summed E-state index contributed by atoms with van der Waals surface area (Å²) in [5, 5.41) is 10.4. The molecule has 114 valence electrons. The Morgan fingerprint density at radius 2 is 1.50 bits per heavy atom. The molecule has 0 aromatic heterocycles. The predicted octanol–water partition coefficient (Wildman–Crippen LogP) is 2.72. The lowest BCUT2D eigenvalue weighted by atomic mass is 9.48. The highest BCUT2D eigenvalue weighted by Gasteiger charge is 2.59. The maximum Gasteiger partial charge on any atom is 0.335 e. The van der Waals surface area contributed by atoms with Crippen LogP contribution in [0.4, 0.5) is 0 Å². The van der Waals surface area contributed by atoms with E-state index in [4.69, 9.17) is 4.74 Å². The van der Waals surface area contributed by atoms with Gasteiger partial charge in [-0.25, -0.2) is 4.79 Å². The molecule has 0 aromatic carbocycles. The maximum atomic E-state index is 12.0. The molecule has 1 heterocycles. The predicted molar refractivity (Wildman–Crippen MR) is 76.8 cm³/mol. The van der Waals surface area contributed by atoms with E-state index in [0.29, 0.717) is 41.4 Å². The van der Waals surface area contributed by atoms with Gasteiger partial charge in [-0.2, -0.15) is 0 Å². The van der Waals surface area contributed by atoms with Crippen LogP contribution in [0.15, 0.2) is 0 Å². The van der Waals surface area contributed by atoms with Crippen LogP contribution in [0.3, 0.4) is 0 Å². The molecule has 10 atom stereocenters. The van der Waals surface area contributed by atoms with Crippen LogP contribution in [0.2, 0.25) is 0 Å². The van der Waals surface area contributed by atoms with Crippen molar-refractivity contribution in [1.29, 1.82) is 0 Å². The second-order valence-electron chi connectivity index (χ2n) is 7.80. The van der Waals surface area contributed by atoms with Crippen LogP contribution in [-0.2, 0) is 9.53 Å². The molecule has 0 amide bonds. The number of aliphatic hydroxyl groups is 1. The molecule has 3 rings (SSSR count). The second-order valence-corrected chi connectivity index (χ2v) is 7.80. The van der Waals surface area contributed by atoms with E-state index < -0.39 is 6.10 Å². The lowest BCUT2D eigenvalue weighted by molar-refractivity contribution is -0.221. The van der Waals surface area contributed by atoms with Crippen LogP contribution in [0.5, 0.6) is 0 Å². The van der Waals surface area contributed by atoms with E-state index in [1.165, 1.54) is 0 Å². The van der Waals surface area contributed by atoms with E-state index in [-0.39, 0.29) is 18.0 Å². The number of esters is 1. The zero-order chi connectivity index (χ0) is 14.8. The minimum absolute atomic E-state index is 0.0319. The lowest BCUT2D eigenvalue weighted by Gasteiger charge is -2.59. The van der Waals surface area contributed by atoms with Gasteiger partial charge in [0.15, 0.2) is 6.10 Å². The van der Waals surface area contributed by atoms with E-state index in [1.54, 1.807) is 0 Å². The Labute approximate surface area is 122 Å². The molecule has 3 heteroatoms. The SMILES string of the molecule is CC1CC2OC(=O)C(O)C3C(C)C(C)C(C)C(C1C)C23. The van der Waals surface area contributed by atoms with Gasteiger partial charge in [0, 0.05) is 11.8 Å². The number of aliphatic hydroxyl groups excluding tert-OH is 1. The van der Waals surface area contributed by atoms with Crippen LogP contribution in [0.25, 0.3) is 0 Å². The Hall–Kier alpha value is -0.570. The van der Waals surface area contributed by atoms with Gasteiger partial charge >= 0.3 is 5.97 Å². The molecule has 1 saturated heterocycles. The van der Waals surface area contributed by atoms with Crippen molar-refractivity contribution < 1.29 is 14.6 Å². The summed E-state index contributed by atoms with van der Waals surface area (Å²) in [6.45, 7) is 11.5. The summed E-state index contributed by atoms with van der Waals surface area (Å²) in [6.07, 6.45) is 0.0827. The number of rotatable bonds is 0. The number of carbonyl (C=O) groups excluding carboxylic acids is 1. The normalized spacial score (nSPS) is 58.8. The van der Waals surface area contributed by atoms with E-state index in [0.717, 1.165) is 6.42 Å². The van der Waals surface area contributed by atoms with Gasteiger partial charge in [0.2, 0.25) is 0 Å². The van der Waals surface area contributed by atoms with Crippen molar-refractivity contribution in [2.75, 3.05) is 0 Å². The molecule has 10 unspecified atom stereocenters. The maximum absolute atomic E-state index is 12.0. The van der Waals surface area contributed by atoms with Gasteiger partial charge in [0.25, 0.3) is 0 Å². The highest BCUT2D eigenvalue weighted by atomic mass is 16.6. The molecule has 3 aliphatic rings. The molecule has 0 aromatic rings. The van der Waals surface area contributed by atoms with Crippen LogP contribution in [0, 0.1) is 47.3 Å². The van der Waals surface area contributed by atoms with E-state index in [9.17, 15) is 9.90 Å². The molecular formula is C17H28O3. The number of hydrogen-bond acceptors (Lipinski definition) is 3. The van der Waals surface area contributed by atoms with Gasteiger partial charge in [-0.3, -0.25) is 0 Å². The molecule has 0 spiro atoms. The van der Waals surface area contributed by atoms with E-state index >= 15 is 0 Å².